The van der Waals surface area contributed by atoms with Crippen molar-refractivity contribution in [2.24, 2.45) is 5.73 Å². The van der Waals surface area contributed by atoms with E-state index < -0.39 is 0 Å². The van der Waals surface area contributed by atoms with Gasteiger partial charge in [-0.1, -0.05) is 15.9 Å². The zero-order chi connectivity index (χ0) is 13.0. The molecule has 1 heterocycles. The van der Waals surface area contributed by atoms with Crippen LogP contribution in [0.5, 0.6) is 0 Å². The third kappa shape index (κ3) is 3.23. The Kier molecular flexibility index (Phi) is 5.00. The number of aliphatic hydroxyl groups is 1. The van der Waals surface area contributed by atoms with Gasteiger partial charge in [-0.25, -0.2) is 0 Å². The molecule has 18 heavy (non-hydrogen) atoms. The largest absolute Gasteiger partial charge is 0.395 e. The minimum atomic E-state index is 0.242. The second kappa shape index (κ2) is 6.52. The van der Waals surface area contributed by atoms with Crippen LogP contribution in [0.25, 0.3) is 0 Å². The minimum Gasteiger partial charge on any atom is -0.395 e. The molecule has 0 amide bonds. The molecular weight excluding hydrogens is 294 g/mol. The first kappa shape index (κ1) is 13.8. The quantitative estimate of drug-likeness (QED) is 0.871. The fourth-order valence-electron chi connectivity index (χ4n) is 2.38. The number of hydrogen-bond acceptors (Lipinski definition) is 4. The van der Waals surface area contributed by atoms with Crippen LogP contribution in [0.4, 0.5) is 5.69 Å². The van der Waals surface area contributed by atoms with E-state index in [-0.39, 0.29) is 6.61 Å². The lowest BCUT2D eigenvalue weighted by Gasteiger charge is -2.36. The summed E-state index contributed by atoms with van der Waals surface area (Å²) in [6.07, 6.45) is 0. The van der Waals surface area contributed by atoms with Crippen LogP contribution in [0, 0.1) is 0 Å². The standard InChI is InChI=1S/C13H20BrN3O/c14-12-1-2-13(11(9-12)10-15)17-5-3-16(4-6-17)7-8-18/h1-2,9,18H,3-8,10,15H2. The van der Waals surface area contributed by atoms with Crippen LogP contribution in [-0.2, 0) is 6.54 Å². The molecule has 1 fully saturated rings. The highest BCUT2D eigenvalue weighted by atomic mass is 79.9. The van der Waals surface area contributed by atoms with Crippen molar-refractivity contribution in [2.75, 3.05) is 44.2 Å². The number of benzene rings is 1. The Hall–Kier alpha value is -0.620. The summed E-state index contributed by atoms with van der Waals surface area (Å²) in [5, 5.41) is 8.94. The van der Waals surface area contributed by atoms with E-state index in [1.807, 2.05) is 0 Å². The van der Waals surface area contributed by atoms with Crippen molar-refractivity contribution in [2.45, 2.75) is 6.54 Å². The van der Waals surface area contributed by atoms with Gasteiger partial charge in [0.05, 0.1) is 6.61 Å². The van der Waals surface area contributed by atoms with Crippen molar-refractivity contribution in [1.29, 1.82) is 0 Å². The van der Waals surface area contributed by atoms with E-state index in [0.29, 0.717) is 6.54 Å². The number of piperazine rings is 1. The Labute approximate surface area is 117 Å². The monoisotopic (exact) mass is 313 g/mol. The summed E-state index contributed by atoms with van der Waals surface area (Å²) < 4.78 is 1.07. The normalized spacial score (nSPS) is 17.2. The lowest BCUT2D eigenvalue weighted by atomic mass is 10.1. The topological polar surface area (TPSA) is 52.7 Å². The Morgan fingerprint density at radius 1 is 1.22 bits per heavy atom. The van der Waals surface area contributed by atoms with Gasteiger partial charge in [-0.05, 0) is 23.8 Å². The van der Waals surface area contributed by atoms with Crippen molar-refractivity contribution in [3.63, 3.8) is 0 Å². The maximum absolute atomic E-state index is 8.94. The second-order valence-corrected chi connectivity index (χ2v) is 5.45. The predicted molar refractivity (Wildman–Crippen MR) is 77.8 cm³/mol. The second-order valence-electron chi connectivity index (χ2n) is 4.53. The molecule has 0 aromatic heterocycles. The summed E-state index contributed by atoms with van der Waals surface area (Å²) in [5.74, 6) is 0. The summed E-state index contributed by atoms with van der Waals surface area (Å²) in [6, 6.07) is 6.29. The van der Waals surface area contributed by atoms with Crippen LogP contribution < -0.4 is 10.6 Å². The van der Waals surface area contributed by atoms with E-state index in [1.165, 1.54) is 11.3 Å². The minimum absolute atomic E-state index is 0.242. The van der Waals surface area contributed by atoms with Gasteiger partial charge in [-0.2, -0.15) is 0 Å². The molecule has 1 aliphatic rings. The number of anilines is 1. The van der Waals surface area contributed by atoms with Gasteiger partial charge in [0.2, 0.25) is 0 Å². The molecule has 1 saturated heterocycles. The van der Waals surface area contributed by atoms with Crippen LogP contribution in [0.1, 0.15) is 5.56 Å². The molecule has 5 heteroatoms. The summed E-state index contributed by atoms with van der Waals surface area (Å²) in [7, 11) is 0. The molecule has 0 saturated carbocycles. The van der Waals surface area contributed by atoms with Crippen LogP contribution in [0.2, 0.25) is 0 Å². The van der Waals surface area contributed by atoms with Gasteiger partial charge < -0.3 is 15.7 Å². The number of nitrogens with zero attached hydrogens (tertiary/aromatic N) is 2. The first-order valence-corrected chi connectivity index (χ1v) is 7.10. The highest BCUT2D eigenvalue weighted by molar-refractivity contribution is 9.10. The van der Waals surface area contributed by atoms with Crippen molar-refractivity contribution in [3.8, 4) is 0 Å². The number of β-amino-alcohol motifs (C(OH)–C–C–N with tert-alkyl or cyclic N) is 1. The molecule has 0 unspecified atom stereocenters. The molecule has 0 spiro atoms. The maximum atomic E-state index is 8.94. The summed E-state index contributed by atoms with van der Waals surface area (Å²) in [6.45, 7) is 5.57. The third-order valence-electron chi connectivity index (χ3n) is 3.39. The first-order chi connectivity index (χ1) is 8.74. The third-order valence-corrected chi connectivity index (χ3v) is 3.88. The van der Waals surface area contributed by atoms with E-state index in [1.54, 1.807) is 0 Å². The van der Waals surface area contributed by atoms with Crippen molar-refractivity contribution in [1.82, 2.24) is 4.90 Å². The summed E-state index contributed by atoms with van der Waals surface area (Å²) >= 11 is 3.48. The van der Waals surface area contributed by atoms with E-state index in [9.17, 15) is 0 Å². The lowest BCUT2D eigenvalue weighted by molar-refractivity contribution is 0.188. The Morgan fingerprint density at radius 2 is 1.94 bits per heavy atom. The Morgan fingerprint density at radius 3 is 2.56 bits per heavy atom. The first-order valence-electron chi connectivity index (χ1n) is 6.31. The number of rotatable bonds is 4. The molecule has 100 valence electrons. The molecule has 4 nitrogen and oxygen atoms in total. The average Bonchev–Trinajstić information content (AvgIpc) is 2.40. The van der Waals surface area contributed by atoms with Gasteiger partial charge in [-0.3, -0.25) is 4.90 Å². The maximum Gasteiger partial charge on any atom is 0.0558 e. The fraction of sp³-hybridized carbons (Fsp3) is 0.538. The SMILES string of the molecule is NCc1cc(Br)ccc1N1CCN(CCO)CC1. The highest BCUT2D eigenvalue weighted by Crippen LogP contribution is 2.25. The van der Waals surface area contributed by atoms with Gasteiger partial charge in [0.15, 0.2) is 0 Å². The van der Waals surface area contributed by atoms with Crippen LogP contribution in [-0.4, -0.2) is 49.3 Å². The van der Waals surface area contributed by atoms with E-state index >= 15 is 0 Å². The fourth-order valence-corrected chi connectivity index (χ4v) is 2.79. The molecule has 0 aliphatic carbocycles. The van der Waals surface area contributed by atoms with Crippen LogP contribution in [0.3, 0.4) is 0 Å². The number of halogens is 1. The zero-order valence-electron chi connectivity index (χ0n) is 10.5. The summed E-state index contributed by atoms with van der Waals surface area (Å²) in [4.78, 5) is 4.67. The molecule has 2 rings (SSSR count). The van der Waals surface area contributed by atoms with Gasteiger partial charge in [0, 0.05) is 49.4 Å². The molecule has 1 aromatic carbocycles. The van der Waals surface area contributed by atoms with Gasteiger partial charge in [-0.15, -0.1) is 0 Å². The van der Waals surface area contributed by atoms with Crippen molar-refractivity contribution in [3.05, 3.63) is 28.2 Å². The lowest BCUT2D eigenvalue weighted by Crippen LogP contribution is -2.47. The van der Waals surface area contributed by atoms with Crippen LogP contribution in [0.15, 0.2) is 22.7 Å². The average molecular weight is 314 g/mol. The number of nitrogens with two attached hydrogens (primary N) is 1. The summed E-state index contributed by atoms with van der Waals surface area (Å²) in [5.41, 5.74) is 8.23. The van der Waals surface area contributed by atoms with E-state index in [4.69, 9.17) is 10.8 Å². The molecule has 0 radical (unpaired) electrons. The number of hydrogen-bond donors (Lipinski definition) is 2. The van der Waals surface area contributed by atoms with E-state index in [2.05, 4.69) is 43.9 Å². The molecule has 1 aliphatic heterocycles. The zero-order valence-corrected chi connectivity index (χ0v) is 12.1. The molecular formula is C13H20BrN3O. The number of aliphatic hydroxyl groups excluding tert-OH is 1. The predicted octanol–water partition coefficient (Wildman–Crippen LogP) is 1.02. The van der Waals surface area contributed by atoms with Gasteiger partial charge >= 0.3 is 0 Å². The Bertz CT molecular complexity index is 392. The smallest absolute Gasteiger partial charge is 0.0558 e. The molecule has 0 bridgehead atoms. The van der Waals surface area contributed by atoms with Crippen LogP contribution >= 0.6 is 15.9 Å². The van der Waals surface area contributed by atoms with Crippen molar-refractivity contribution < 1.29 is 5.11 Å². The molecule has 1 aromatic rings. The Balaban J connectivity index is 2.05. The van der Waals surface area contributed by atoms with Gasteiger partial charge in [0.1, 0.15) is 0 Å². The van der Waals surface area contributed by atoms with E-state index in [0.717, 1.165) is 37.2 Å². The molecule has 3 N–H and O–H groups in total. The molecule has 0 atom stereocenters. The highest BCUT2D eigenvalue weighted by Gasteiger charge is 2.18. The van der Waals surface area contributed by atoms with Crippen molar-refractivity contribution >= 4 is 21.6 Å². The van der Waals surface area contributed by atoms with Gasteiger partial charge in [0.25, 0.3) is 0 Å².